The summed E-state index contributed by atoms with van der Waals surface area (Å²) >= 11 is 0. The van der Waals surface area contributed by atoms with Gasteiger partial charge in [-0.25, -0.2) is 0 Å². The van der Waals surface area contributed by atoms with Crippen molar-refractivity contribution >= 4 is 0 Å². The molecule has 2 rings (SSSR count). The highest BCUT2D eigenvalue weighted by molar-refractivity contribution is 5.23. The number of hydrogen-bond acceptors (Lipinski definition) is 0. The minimum atomic E-state index is 0.895. The molecule has 1 fully saturated rings. The Kier molecular flexibility index (Phi) is 3.85. The number of hydrogen-bond donors (Lipinski definition) is 0. The topological polar surface area (TPSA) is 0 Å². The SMILES string of the molecule is C1=CC(C2CCCCCC2)=CCCC1. The van der Waals surface area contributed by atoms with Crippen molar-refractivity contribution in [1.29, 1.82) is 0 Å². The quantitative estimate of drug-likeness (QED) is 0.529. The van der Waals surface area contributed by atoms with E-state index < -0.39 is 0 Å². The Balaban J connectivity index is 1.99. The fraction of sp³-hybridized carbons (Fsp3) is 0.714. The summed E-state index contributed by atoms with van der Waals surface area (Å²) in [5.41, 5.74) is 1.66. The van der Waals surface area contributed by atoms with Gasteiger partial charge in [-0.15, -0.1) is 0 Å². The number of allylic oxidation sites excluding steroid dienone is 4. The van der Waals surface area contributed by atoms with E-state index in [1.807, 2.05) is 0 Å². The summed E-state index contributed by atoms with van der Waals surface area (Å²) < 4.78 is 0. The summed E-state index contributed by atoms with van der Waals surface area (Å²) in [5.74, 6) is 0.895. The van der Waals surface area contributed by atoms with Crippen LogP contribution in [0.2, 0.25) is 0 Å². The molecule has 0 spiro atoms. The van der Waals surface area contributed by atoms with E-state index in [2.05, 4.69) is 18.2 Å². The fourth-order valence-corrected chi connectivity index (χ4v) is 2.71. The van der Waals surface area contributed by atoms with Crippen molar-refractivity contribution in [2.24, 2.45) is 5.92 Å². The van der Waals surface area contributed by atoms with Crippen molar-refractivity contribution in [3.8, 4) is 0 Å². The molecule has 0 saturated heterocycles. The van der Waals surface area contributed by atoms with Crippen molar-refractivity contribution in [3.05, 3.63) is 23.8 Å². The molecule has 14 heavy (non-hydrogen) atoms. The molecule has 0 heterocycles. The van der Waals surface area contributed by atoms with Gasteiger partial charge in [-0.05, 0) is 43.6 Å². The molecular formula is C14H22. The van der Waals surface area contributed by atoms with Crippen molar-refractivity contribution in [3.63, 3.8) is 0 Å². The molecule has 0 N–H and O–H groups in total. The van der Waals surface area contributed by atoms with Gasteiger partial charge >= 0.3 is 0 Å². The zero-order chi connectivity index (χ0) is 9.64. The second kappa shape index (κ2) is 5.38. The lowest BCUT2D eigenvalue weighted by molar-refractivity contribution is 0.538. The van der Waals surface area contributed by atoms with Gasteiger partial charge in [0, 0.05) is 0 Å². The van der Waals surface area contributed by atoms with Gasteiger partial charge < -0.3 is 0 Å². The van der Waals surface area contributed by atoms with Crippen molar-refractivity contribution in [2.45, 2.75) is 57.8 Å². The standard InChI is InChI=1S/C14H22/c1-2-6-10-13(9-5-1)14-11-7-3-4-8-12-14/h5,9-10,14H,1-4,6-8,11-12H2. The Hall–Kier alpha value is -0.520. The first-order valence-electron chi connectivity index (χ1n) is 6.33. The molecule has 0 aromatic rings. The zero-order valence-electron chi connectivity index (χ0n) is 9.17. The van der Waals surface area contributed by atoms with E-state index in [0.29, 0.717) is 0 Å². The van der Waals surface area contributed by atoms with Crippen LogP contribution in [0.1, 0.15) is 57.8 Å². The predicted molar refractivity (Wildman–Crippen MR) is 62.3 cm³/mol. The van der Waals surface area contributed by atoms with Crippen LogP contribution >= 0.6 is 0 Å². The Labute approximate surface area is 88.1 Å². The van der Waals surface area contributed by atoms with E-state index >= 15 is 0 Å². The lowest BCUT2D eigenvalue weighted by Crippen LogP contribution is -2.00. The molecule has 0 atom stereocenters. The molecule has 0 aliphatic heterocycles. The van der Waals surface area contributed by atoms with Gasteiger partial charge in [-0.3, -0.25) is 0 Å². The summed E-state index contributed by atoms with van der Waals surface area (Å²) in [4.78, 5) is 0. The highest BCUT2D eigenvalue weighted by Gasteiger charge is 2.15. The van der Waals surface area contributed by atoms with Crippen LogP contribution in [0.4, 0.5) is 0 Å². The van der Waals surface area contributed by atoms with Gasteiger partial charge in [0.05, 0.1) is 0 Å². The molecule has 0 heteroatoms. The summed E-state index contributed by atoms with van der Waals surface area (Å²) in [6.07, 6.45) is 19.9. The molecular weight excluding hydrogens is 168 g/mol. The lowest BCUT2D eigenvalue weighted by Gasteiger charge is -2.15. The van der Waals surface area contributed by atoms with E-state index in [-0.39, 0.29) is 0 Å². The van der Waals surface area contributed by atoms with Crippen LogP contribution in [0.25, 0.3) is 0 Å². The smallest absolute Gasteiger partial charge is 0.0165 e. The first kappa shape index (κ1) is 10.0. The van der Waals surface area contributed by atoms with Gasteiger partial charge in [0.2, 0.25) is 0 Å². The normalized spacial score (nSPS) is 25.3. The third-order valence-electron chi connectivity index (χ3n) is 3.59. The first-order valence-corrected chi connectivity index (χ1v) is 6.33. The Morgan fingerprint density at radius 2 is 1.64 bits per heavy atom. The van der Waals surface area contributed by atoms with Crippen LogP contribution in [0.3, 0.4) is 0 Å². The van der Waals surface area contributed by atoms with E-state index in [9.17, 15) is 0 Å². The van der Waals surface area contributed by atoms with Gasteiger partial charge in [-0.2, -0.15) is 0 Å². The van der Waals surface area contributed by atoms with E-state index in [4.69, 9.17) is 0 Å². The second-order valence-electron chi connectivity index (χ2n) is 4.73. The third kappa shape index (κ3) is 2.73. The third-order valence-corrected chi connectivity index (χ3v) is 3.59. The van der Waals surface area contributed by atoms with E-state index in [1.54, 1.807) is 5.57 Å². The average Bonchev–Trinajstić information content (AvgIpc) is 2.62. The largest absolute Gasteiger partial charge is 0.0843 e. The number of rotatable bonds is 1. The Morgan fingerprint density at radius 3 is 2.43 bits per heavy atom. The van der Waals surface area contributed by atoms with Crippen molar-refractivity contribution < 1.29 is 0 Å². The maximum atomic E-state index is 2.50. The Morgan fingerprint density at radius 1 is 0.857 bits per heavy atom. The molecule has 2 aliphatic rings. The summed E-state index contributed by atoms with van der Waals surface area (Å²) in [6, 6.07) is 0. The van der Waals surface area contributed by atoms with Gasteiger partial charge in [0.15, 0.2) is 0 Å². The summed E-state index contributed by atoms with van der Waals surface area (Å²) in [6.45, 7) is 0. The van der Waals surface area contributed by atoms with Crippen molar-refractivity contribution in [2.75, 3.05) is 0 Å². The zero-order valence-corrected chi connectivity index (χ0v) is 9.17. The van der Waals surface area contributed by atoms with E-state index in [0.717, 1.165) is 5.92 Å². The second-order valence-corrected chi connectivity index (χ2v) is 4.73. The summed E-state index contributed by atoms with van der Waals surface area (Å²) in [5, 5.41) is 0. The van der Waals surface area contributed by atoms with Crippen LogP contribution < -0.4 is 0 Å². The molecule has 0 nitrogen and oxygen atoms in total. The Bertz CT molecular complexity index is 214. The minimum absolute atomic E-state index is 0.895. The predicted octanol–water partition coefficient (Wildman–Crippen LogP) is 4.62. The maximum Gasteiger partial charge on any atom is -0.0165 e. The van der Waals surface area contributed by atoms with Crippen LogP contribution in [0.15, 0.2) is 23.8 Å². The van der Waals surface area contributed by atoms with Crippen LogP contribution in [0.5, 0.6) is 0 Å². The first-order chi connectivity index (χ1) is 6.97. The average molecular weight is 190 g/mol. The van der Waals surface area contributed by atoms with Gasteiger partial charge in [-0.1, -0.05) is 43.9 Å². The molecule has 2 aliphatic carbocycles. The molecule has 0 unspecified atom stereocenters. The lowest BCUT2D eigenvalue weighted by atomic mass is 9.91. The molecule has 0 bridgehead atoms. The van der Waals surface area contributed by atoms with Gasteiger partial charge in [0.25, 0.3) is 0 Å². The van der Waals surface area contributed by atoms with Crippen LogP contribution in [-0.4, -0.2) is 0 Å². The van der Waals surface area contributed by atoms with Crippen LogP contribution in [-0.2, 0) is 0 Å². The van der Waals surface area contributed by atoms with Crippen molar-refractivity contribution in [1.82, 2.24) is 0 Å². The molecule has 0 aromatic carbocycles. The highest BCUT2D eigenvalue weighted by Crippen LogP contribution is 2.30. The van der Waals surface area contributed by atoms with E-state index in [1.165, 1.54) is 57.8 Å². The highest BCUT2D eigenvalue weighted by atomic mass is 14.2. The minimum Gasteiger partial charge on any atom is -0.0843 e. The maximum absolute atomic E-state index is 2.50. The molecule has 0 amide bonds. The summed E-state index contributed by atoms with van der Waals surface area (Å²) in [7, 11) is 0. The molecule has 1 saturated carbocycles. The molecule has 0 aromatic heterocycles. The molecule has 78 valence electrons. The monoisotopic (exact) mass is 190 g/mol. The van der Waals surface area contributed by atoms with Crippen LogP contribution in [0, 0.1) is 5.92 Å². The van der Waals surface area contributed by atoms with Gasteiger partial charge in [0.1, 0.15) is 0 Å². The fourth-order valence-electron chi connectivity index (χ4n) is 2.71. The molecule has 0 radical (unpaired) electrons.